The summed E-state index contributed by atoms with van der Waals surface area (Å²) in [4.78, 5) is 23.6. The Hall–Kier alpha value is -2.31. The van der Waals surface area contributed by atoms with Crippen molar-refractivity contribution in [2.75, 3.05) is 0 Å². The van der Waals surface area contributed by atoms with Gasteiger partial charge in [-0.25, -0.2) is 4.79 Å². The van der Waals surface area contributed by atoms with E-state index in [2.05, 4.69) is 5.32 Å². The highest BCUT2D eigenvalue weighted by molar-refractivity contribution is 14.1. The molecule has 11 heteroatoms. The van der Waals surface area contributed by atoms with E-state index < -0.39 is 53.4 Å². The largest absolute Gasteiger partial charge is 0.480 e. The van der Waals surface area contributed by atoms with Crippen LogP contribution in [0.5, 0.6) is 0 Å². The highest BCUT2D eigenvalue weighted by Gasteiger charge is 2.37. The quantitative estimate of drug-likeness (QED) is 0.410. The Morgan fingerprint density at radius 3 is 1.97 bits per heavy atom. The summed E-state index contributed by atoms with van der Waals surface area (Å²) in [5.41, 5.74) is -3.04. The van der Waals surface area contributed by atoms with Crippen LogP contribution >= 0.6 is 22.6 Å². The first kappa shape index (κ1) is 24.0. The first-order chi connectivity index (χ1) is 13.8. The minimum absolute atomic E-state index is 0.0432. The molecule has 30 heavy (non-hydrogen) atoms. The molecule has 0 unspecified atom stereocenters. The number of carboxylic acids is 1. The van der Waals surface area contributed by atoms with Gasteiger partial charge in [-0.2, -0.15) is 26.3 Å². The summed E-state index contributed by atoms with van der Waals surface area (Å²) in [5.74, 6) is -2.40. The SMILES string of the molecule is O=C(Cc1cc(C(F)(F)F)cc(C(F)(F)F)c1)N[C@@H](Cc1cccc(I)c1)C(=O)O. The Morgan fingerprint density at radius 2 is 1.50 bits per heavy atom. The molecule has 2 aromatic rings. The zero-order valence-electron chi connectivity index (χ0n) is 14.9. The third-order valence-corrected chi connectivity index (χ3v) is 4.65. The lowest BCUT2D eigenvalue weighted by Gasteiger charge is -2.17. The Labute approximate surface area is 180 Å². The van der Waals surface area contributed by atoms with Gasteiger partial charge in [0.05, 0.1) is 17.5 Å². The summed E-state index contributed by atoms with van der Waals surface area (Å²) in [6.45, 7) is 0. The van der Waals surface area contributed by atoms with Crippen molar-refractivity contribution in [1.82, 2.24) is 5.32 Å². The van der Waals surface area contributed by atoms with Crippen LogP contribution in [0.4, 0.5) is 26.3 Å². The predicted molar refractivity (Wildman–Crippen MR) is 103 cm³/mol. The van der Waals surface area contributed by atoms with Gasteiger partial charge in [-0.05, 0) is 64.0 Å². The summed E-state index contributed by atoms with van der Waals surface area (Å²) in [7, 11) is 0. The highest BCUT2D eigenvalue weighted by atomic mass is 127. The molecule has 0 aliphatic rings. The maximum atomic E-state index is 12.9. The number of carboxylic acid groups (broad SMARTS) is 1. The third kappa shape index (κ3) is 6.89. The molecule has 0 fully saturated rings. The summed E-state index contributed by atoms with van der Waals surface area (Å²) < 4.78 is 78.3. The average Bonchev–Trinajstić information content (AvgIpc) is 2.59. The van der Waals surface area contributed by atoms with Gasteiger partial charge in [-0.3, -0.25) is 4.79 Å². The summed E-state index contributed by atoms with van der Waals surface area (Å²) >= 11 is 2.01. The molecule has 0 bridgehead atoms. The van der Waals surface area contributed by atoms with Crippen LogP contribution in [0.1, 0.15) is 22.3 Å². The number of halogens is 7. The van der Waals surface area contributed by atoms with Gasteiger partial charge in [0.1, 0.15) is 6.04 Å². The van der Waals surface area contributed by atoms with Gasteiger partial charge in [0.25, 0.3) is 0 Å². The van der Waals surface area contributed by atoms with Gasteiger partial charge in [-0.15, -0.1) is 0 Å². The van der Waals surface area contributed by atoms with Crippen LogP contribution in [0.3, 0.4) is 0 Å². The van der Waals surface area contributed by atoms with E-state index in [4.69, 9.17) is 0 Å². The van der Waals surface area contributed by atoms with E-state index in [0.717, 1.165) is 3.57 Å². The van der Waals surface area contributed by atoms with Crippen LogP contribution in [0.15, 0.2) is 42.5 Å². The van der Waals surface area contributed by atoms with E-state index in [1.54, 1.807) is 24.3 Å². The molecule has 0 saturated heterocycles. The Bertz CT molecular complexity index is 910. The second-order valence-electron chi connectivity index (χ2n) is 6.38. The molecule has 0 aliphatic carbocycles. The fourth-order valence-electron chi connectivity index (χ4n) is 2.65. The van der Waals surface area contributed by atoms with Crippen molar-refractivity contribution in [3.8, 4) is 0 Å². The molecule has 2 aromatic carbocycles. The lowest BCUT2D eigenvalue weighted by Crippen LogP contribution is -2.43. The van der Waals surface area contributed by atoms with E-state index in [0.29, 0.717) is 17.7 Å². The van der Waals surface area contributed by atoms with Crippen molar-refractivity contribution in [2.45, 2.75) is 31.2 Å². The van der Waals surface area contributed by atoms with Crippen LogP contribution in [0, 0.1) is 3.57 Å². The fourth-order valence-corrected chi connectivity index (χ4v) is 3.26. The summed E-state index contributed by atoms with van der Waals surface area (Å²) in [6.07, 6.45) is -11.0. The minimum atomic E-state index is -5.04. The first-order valence-electron chi connectivity index (χ1n) is 8.30. The maximum absolute atomic E-state index is 12.9. The fraction of sp³-hybridized carbons (Fsp3) is 0.263. The Balaban J connectivity index is 2.21. The highest BCUT2D eigenvalue weighted by Crippen LogP contribution is 2.36. The number of aliphatic carboxylic acids is 1. The smallest absolute Gasteiger partial charge is 0.416 e. The zero-order chi connectivity index (χ0) is 22.7. The second-order valence-corrected chi connectivity index (χ2v) is 7.63. The van der Waals surface area contributed by atoms with Crippen LogP contribution < -0.4 is 5.32 Å². The van der Waals surface area contributed by atoms with E-state index in [9.17, 15) is 41.0 Å². The molecule has 1 amide bonds. The number of alkyl halides is 6. The average molecular weight is 545 g/mol. The molecule has 162 valence electrons. The zero-order valence-corrected chi connectivity index (χ0v) is 17.1. The number of carbonyl (C=O) groups excluding carboxylic acids is 1. The van der Waals surface area contributed by atoms with Crippen molar-refractivity contribution in [1.29, 1.82) is 0 Å². The topological polar surface area (TPSA) is 66.4 Å². The van der Waals surface area contributed by atoms with E-state index in [-0.39, 0.29) is 12.5 Å². The van der Waals surface area contributed by atoms with Crippen molar-refractivity contribution < 1.29 is 41.0 Å². The van der Waals surface area contributed by atoms with E-state index >= 15 is 0 Å². The van der Waals surface area contributed by atoms with Gasteiger partial charge in [0.2, 0.25) is 5.91 Å². The van der Waals surface area contributed by atoms with Crippen molar-refractivity contribution in [2.24, 2.45) is 0 Å². The standard InChI is InChI=1S/C19H14F6INO3/c20-18(21,22)12-4-11(5-13(9-12)19(23,24)25)8-16(28)27-15(17(29)30)7-10-2-1-3-14(26)6-10/h1-6,9,15H,7-8H2,(H,27,28)(H,29,30)/t15-/m0/s1. The lowest BCUT2D eigenvalue weighted by atomic mass is 10.0. The molecule has 0 aromatic heterocycles. The molecular formula is C19H14F6INO3. The molecule has 0 heterocycles. The molecule has 0 saturated carbocycles. The number of benzene rings is 2. The van der Waals surface area contributed by atoms with Crippen molar-refractivity contribution in [3.05, 3.63) is 68.3 Å². The molecule has 4 nitrogen and oxygen atoms in total. The molecule has 0 spiro atoms. The van der Waals surface area contributed by atoms with E-state index in [1.165, 1.54) is 0 Å². The van der Waals surface area contributed by atoms with Gasteiger partial charge < -0.3 is 10.4 Å². The number of rotatable bonds is 6. The van der Waals surface area contributed by atoms with Gasteiger partial charge in [0.15, 0.2) is 0 Å². The number of carbonyl (C=O) groups is 2. The van der Waals surface area contributed by atoms with Gasteiger partial charge in [-0.1, -0.05) is 12.1 Å². The minimum Gasteiger partial charge on any atom is -0.480 e. The van der Waals surface area contributed by atoms with E-state index in [1.807, 2.05) is 22.6 Å². The maximum Gasteiger partial charge on any atom is 0.416 e. The van der Waals surface area contributed by atoms with Crippen LogP contribution in [0.25, 0.3) is 0 Å². The van der Waals surface area contributed by atoms with Crippen molar-refractivity contribution in [3.63, 3.8) is 0 Å². The van der Waals surface area contributed by atoms with Gasteiger partial charge >= 0.3 is 18.3 Å². The number of nitrogens with one attached hydrogen (secondary N) is 1. The third-order valence-electron chi connectivity index (χ3n) is 3.97. The monoisotopic (exact) mass is 545 g/mol. The number of amides is 1. The molecule has 2 rings (SSSR count). The van der Waals surface area contributed by atoms with Crippen LogP contribution in [-0.2, 0) is 34.8 Å². The molecule has 0 radical (unpaired) electrons. The lowest BCUT2D eigenvalue weighted by molar-refractivity contribution is -0.143. The van der Waals surface area contributed by atoms with Crippen LogP contribution in [-0.4, -0.2) is 23.0 Å². The number of hydrogen-bond donors (Lipinski definition) is 2. The van der Waals surface area contributed by atoms with Crippen molar-refractivity contribution >= 4 is 34.5 Å². The first-order valence-corrected chi connectivity index (χ1v) is 9.38. The molecule has 0 aliphatic heterocycles. The number of hydrogen-bond acceptors (Lipinski definition) is 2. The predicted octanol–water partition coefficient (Wildman–Crippen LogP) is 4.68. The summed E-state index contributed by atoms with van der Waals surface area (Å²) in [5, 5.41) is 11.5. The molecule has 2 N–H and O–H groups in total. The Morgan fingerprint density at radius 1 is 0.933 bits per heavy atom. The second kappa shape index (κ2) is 9.23. The molecular weight excluding hydrogens is 531 g/mol. The Kier molecular flexibility index (Phi) is 7.37. The van der Waals surface area contributed by atoms with Crippen LogP contribution in [0.2, 0.25) is 0 Å². The molecule has 1 atom stereocenters. The normalized spacial score (nSPS) is 13.0. The summed E-state index contributed by atoms with van der Waals surface area (Å²) in [6, 6.07) is 6.19. The van der Waals surface area contributed by atoms with Gasteiger partial charge in [0, 0.05) is 9.99 Å².